The lowest BCUT2D eigenvalue weighted by molar-refractivity contribution is -0.145. The number of nitrogens with zero attached hydrogens (tertiary/aromatic N) is 2. The predicted octanol–water partition coefficient (Wildman–Crippen LogP) is 3.09. The van der Waals surface area contributed by atoms with E-state index in [0.717, 1.165) is 43.8 Å². The SMILES string of the molecule is O=C(C1CCN(Cc2ccco2)CC1)N1CCO[C@@H](c2ccccc2)C1. The first-order valence-electron chi connectivity index (χ1n) is 9.49. The van der Waals surface area contributed by atoms with Crippen molar-refractivity contribution in [3.63, 3.8) is 0 Å². The molecule has 1 aromatic carbocycles. The minimum absolute atomic E-state index is 0.00654. The lowest BCUT2D eigenvalue weighted by atomic mass is 9.94. The molecule has 2 saturated heterocycles. The number of ether oxygens (including phenoxy) is 1. The Bertz CT molecular complexity index is 693. The first-order chi connectivity index (χ1) is 12.8. The van der Waals surface area contributed by atoms with E-state index in [4.69, 9.17) is 9.15 Å². The molecule has 138 valence electrons. The minimum atomic E-state index is -0.00654. The monoisotopic (exact) mass is 354 g/mol. The topological polar surface area (TPSA) is 45.9 Å². The van der Waals surface area contributed by atoms with Gasteiger partial charge >= 0.3 is 0 Å². The normalized spacial score (nSPS) is 22.5. The lowest BCUT2D eigenvalue weighted by Gasteiger charge is -2.37. The molecule has 1 aromatic heterocycles. The number of piperidine rings is 1. The van der Waals surface area contributed by atoms with E-state index in [1.165, 1.54) is 0 Å². The zero-order chi connectivity index (χ0) is 17.8. The van der Waals surface area contributed by atoms with Crippen molar-refractivity contribution in [2.24, 2.45) is 5.92 Å². The van der Waals surface area contributed by atoms with Gasteiger partial charge in [-0.05, 0) is 43.6 Å². The fraction of sp³-hybridized carbons (Fsp3) is 0.476. The molecule has 0 unspecified atom stereocenters. The molecule has 4 rings (SSSR count). The number of carbonyl (C=O) groups excluding carboxylic acids is 1. The van der Waals surface area contributed by atoms with Gasteiger partial charge in [0.2, 0.25) is 5.91 Å². The molecule has 1 atom stereocenters. The quantitative estimate of drug-likeness (QED) is 0.846. The molecular weight excluding hydrogens is 328 g/mol. The van der Waals surface area contributed by atoms with Crippen LogP contribution in [-0.4, -0.2) is 48.5 Å². The Labute approximate surface area is 154 Å². The zero-order valence-corrected chi connectivity index (χ0v) is 15.0. The Hall–Kier alpha value is -2.11. The molecule has 2 aliphatic rings. The molecule has 2 fully saturated rings. The summed E-state index contributed by atoms with van der Waals surface area (Å²) < 4.78 is 11.3. The summed E-state index contributed by atoms with van der Waals surface area (Å²) in [5.41, 5.74) is 1.15. The van der Waals surface area contributed by atoms with Gasteiger partial charge in [0.05, 0.1) is 26.0 Å². The number of hydrogen-bond donors (Lipinski definition) is 0. The summed E-state index contributed by atoms with van der Waals surface area (Å²) in [5, 5.41) is 0. The molecule has 1 amide bonds. The van der Waals surface area contributed by atoms with Crippen LogP contribution in [0.3, 0.4) is 0 Å². The molecule has 5 nitrogen and oxygen atoms in total. The van der Waals surface area contributed by atoms with Crippen LogP contribution in [0, 0.1) is 5.92 Å². The highest BCUT2D eigenvalue weighted by molar-refractivity contribution is 5.79. The Morgan fingerprint density at radius 2 is 1.85 bits per heavy atom. The average molecular weight is 354 g/mol. The zero-order valence-electron chi connectivity index (χ0n) is 15.0. The second kappa shape index (κ2) is 8.06. The lowest BCUT2D eigenvalue weighted by Crippen LogP contribution is -2.47. The molecule has 0 radical (unpaired) electrons. The summed E-state index contributed by atoms with van der Waals surface area (Å²) in [6.45, 7) is 4.71. The molecule has 0 bridgehead atoms. The van der Waals surface area contributed by atoms with E-state index < -0.39 is 0 Å². The molecule has 2 aliphatic heterocycles. The Morgan fingerprint density at radius 3 is 2.58 bits per heavy atom. The third kappa shape index (κ3) is 4.00. The average Bonchev–Trinajstić information content (AvgIpc) is 3.22. The van der Waals surface area contributed by atoms with Gasteiger partial charge in [-0.2, -0.15) is 0 Å². The summed E-state index contributed by atoms with van der Waals surface area (Å²) in [7, 11) is 0. The van der Waals surface area contributed by atoms with Crippen LogP contribution in [0.5, 0.6) is 0 Å². The number of morpholine rings is 1. The third-order valence-electron chi connectivity index (χ3n) is 5.45. The molecule has 3 heterocycles. The summed E-state index contributed by atoms with van der Waals surface area (Å²) in [6, 6.07) is 14.1. The summed E-state index contributed by atoms with van der Waals surface area (Å²) in [4.78, 5) is 17.4. The Kier molecular flexibility index (Phi) is 5.37. The van der Waals surface area contributed by atoms with Crippen molar-refractivity contribution in [2.75, 3.05) is 32.8 Å². The highest BCUT2D eigenvalue weighted by atomic mass is 16.5. The van der Waals surface area contributed by atoms with Crippen molar-refractivity contribution in [2.45, 2.75) is 25.5 Å². The fourth-order valence-electron chi connectivity index (χ4n) is 3.94. The van der Waals surface area contributed by atoms with Crippen LogP contribution < -0.4 is 0 Å². The number of amides is 1. The van der Waals surface area contributed by atoms with Gasteiger partial charge in [0.15, 0.2) is 0 Å². The van der Waals surface area contributed by atoms with Crippen molar-refractivity contribution in [1.29, 1.82) is 0 Å². The second-order valence-electron chi connectivity index (χ2n) is 7.18. The van der Waals surface area contributed by atoms with E-state index in [1.807, 2.05) is 35.2 Å². The largest absolute Gasteiger partial charge is 0.468 e. The molecule has 0 aliphatic carbocycles. The van der Waals surface area contributed by atoms with E-state index >= 15 is 0 Å². The number of hydrogen-bond acceptors (Lipinski definition) is 4. The van der Waals surface area contributed by atoms with Crippen molar-refractivity contribution in [1.82, 2.24) is 9.80 Å². The number of benzene rings is 1. The highest BCUT2D eigenvalue weighted by Gasteiger charge is 2.32. The van der Waals surface area contributed by atoms with Crippen LogP contribution in [0.25, 0.3) is 0 Å². The summed E-state index contributed by atoms with van der Waals surface area (Å²) in [6.07, 6.45) is 3.56. The maximum Gasteiger partial charge on any atom is 0.225 e. The van der Waals surface area contributed by atoms with Crippen molar-refractivity contribution in [3.8, 4) is 0 Å². The van der Waals surface area contributed by atoms with Gasteiger partial charge in [0.1, 0.15) is 11.9 Å². The first kappa shape index (κ1) is 17.3. The van der Waals surface area contributed by atoms with Crippen LogP contribution in [-0.2, 0) is 16.1 Å². The third-order valence-corrected chi connectivity index (χ3v) is 5.45. The van der Waals surface area contributed by atoms with Crippen molar-refractivity contribution < 1.29 is 13.9 Å². The van der Waals surface area contributed by atoms with E-state index in [2.05, 4.69) is 17.0 Å². The fourth-order valence-corrected chi connectivity index (χ4v) is 3.94. The molecular formula is C21H26N2O3. The molecule has 5 heteroatoms. The number of furan rings is 1. The van der Waals surface area contributed by atoms with E-state index in [1.54, 1.807) is 6.26 Å². The maximum atomic E-state index is 13.0. The van der Waals surface area contributed by atoms with Crippen molar-refractivity contribution in [3.05, 3.63) is 60.1 Å². The number of carbonyl (C=O) groups is 1. The molecule has 2 aromatic rings. The van der Waals surface area contributed by atoms with Gasteiger partial charge in [0.25, 0.3) is 0 Å². The van der Waals surface area contributed by atoms with E-state index in [0.29, 0.717) is 25.6 Å². The molecule has 0 N–H and O–H groups in total. The standard InChI is InChI=1S/C21H26N2O3/c24-21(18-8-10-22(11-9-18)15-19-7-4-13-25-19)23-12-14-26-20(16-23)17-5-2-1-3-6-17/h1-7,13,18,20H,8-12,14-16H2/t20-/m1/s1. The van der Waals surface area contributed by atoms with Gasteiger partial charge < -0.3 is 14.1 Å². The number of likely N-dealkylation sites (tertiary alicyclic amines) is 1. The molecule has 0 saturated carbocycles. The van der Waals surface area contributed by atoms with Gasteiger partial charge in [-0.3, -0.25) is 9.69 Å². The van der Waals surface area contributed by atoms with Gasteiger partial charge in [0, 0.05) is 12.5 Å². The van der Waals surface area contributed by atoms with Crippen LogP contribution in [0.15, 0.2) is 53.1 Å². The Morgan fingerprint density at radius 1 is 1.04 bits per heavy atom. The van der Waals surface area contributed by atoms with Crippen LogP contribution in [0.4, 0.5) is 0 Å². The van der Waals surface area contributed by atoms with Gasteiger partial charge in [-0.15, -0.1) is 0 Å². The van der Waals surface area contributed by atoms with E-state index in [9.17, 15) is 4.79 Å². The minimum Gasteiger partial charge on any atom is -0.468 e. The number of rotatable bonds is 4. The highest BCUT2D eigenvalue weighted by Crippen LogP contribution is 2.26. The smallest absolute Gasteiger partial charge is 0.225 e. The summed E-state index contributed by atoms with van der Waals surface area (Å²) >= 11 is 0. The maximum absolute atomic E-state index is 13.0. The molecule has 0 spiro atoms. The van der Waals surface area contributed by atoms with Crippen LogP contribution >= 0.6 is 0 Å². The summed E-state index contributed by atoms with van der Waals surface area (Å²) in [5.74, 6) is 1.43. The van der Waals surface area contributed by atoms with E-state index in [-0.39, 0.29) is 12.0 Å². The van der Waals surface area contributed by atoms with Crippen LogP contribution in [0.1, 0.15) is 30.3 Å². The van der Waals surface area contributed by atoms with Crippen LogP contribution in [0.2, 0.25) is 0 Å². The second-order valence-corrected chi connectivity index (χ2v) is 7.18. The first-order valence-corrected chi connectivity index (χ1v) is 9.49. The van der Waals surface area contributed by atoms with Gasteiger partial charge in [-0.1, -0.05) is 30.3 Å². The Balaban J connectivity index is 1.30. The predicted molar refractivity (Wildman–Crippen MR) is 98.4 cm³/mol. The van der Waals surface area contributed by atoms with Crippen molar-refractivity contribution >= 4 is 5.91 Å². The molecule has 26 heavy (non-hydrogen) atoms. The van der Waals surface area contributed by atoms with Gasteiger partial charge in [-0.25, -0.2) is 0 Å².